The molecular formula is C30H31FN4O9S. The van der Waals surface area contributed by atoms with Gasteiger partial charge in [0.05, 0.1) is 43.6 Å². The van der Waals surface area contributed by atoms with Crippen molar-refractivity contribution < 1.29 is 46.9 Å². The molecule has 238 valence electrons. The van der Waals surface area contributed by atoms with Gasteiger partial charge in [0, 0.05) is 56.0 Å². The number of fused-ring (bicyclic) bond motifs is 3. The van der Waals surface area contributed by atoms with Crippen molar-refractivity contribution in [2.45, 2.75) is 17.2 Å². The largest absolute Gasteiger partial charge is 0.478 e. The molecule has 3 aliphatic rings. The number of carbonyl (C=O) groups is 3. The number of ether oxygens (including phenoxy) is 2. The molecule has 15 heteroatoms. The highest BCUT2D eigenvalue weighted by Crippen LogP contribution is 2.42. The second kappa shape index (κ2) is 13.7. The lowest BCUT2D eigenvalue weighted by Crippen LogP contribution is -2.41. The molecule has 3 aromatic rings. The lowest BCUT2D eigenvalue weighted by molar-refractivity contribution is -0.134. The predicted octanol–water partition coefficient (Wildman–Crippen LogP) is 1.98. The number of benzene rings is 2. The van der Waals surface area contributed by atoms with Gasteiger partial charge < -0.3 is 24.6 Å². The molecule has 2 saturated heterocycles. The number of carbonyl (C=O) groups excluding carboxylic acids is 1. The van der Waals surface area contributed by atoms with E-state index < -0.39 is 33.3 Å². The van der Waals surface area contributed by atoms with E-state index in [0.717, 1.165) is 44.5 Å². The smallest absolute Gasteiger partial charge is 0.328 e. The second-order valence-corrected chi connectivity index (χ2v) is 12.4. The molecule has 2 N–H and O–H groups in total. The fourth-order valence-corrected chi connectivity index (χ4v) is 6.98. The minimum atomic E-state index is -4.00. The van der Waals surface area contributed by atoms with Crippen molar-refractivity contribution in [3.63, 3.8) is 0 Å². The Hall–Kier alpha value is -4.44. The van der Waals surface area contributed by atoms with Gasteiger partial charge in [-0.15, -0.1) is 0 Å². The lowest BCUT2D eigenvalue weighted by atomic mass is 10.0. The van der Waals surface area contributed by atoms with Gasteiger partial charge in [0.25, 0.3) is 5.91 Å². The Kier molecular flexibility index (Phi) is 9.72. The Morgan fingerprint density at radius 1 is 0.889 bits per heavy atom. The van der Waals surface area contributed by atoms with Crippen molar-refractivity contribution in [1.82, 2.24) is 19.6 Å². The first-order valence-corrected chi connectivity index (χ1v) is 15.7. The molecule has 0 radical (unpaired) electrons. The summed E-state index contributed by atoms with van der Waals surface area (Å²) in [6.45, 7) is 5.58. The minimum absolute atomic E-state index is 0.0766. The first kappa shape index (κ1) is 32.0. The van der Waals surface area contributed by atoms with Gasteiger partial charge in [-0.25, -0.2) is 27.1 Å². The average Bonchev–Trinajstić information content (AvgIpc) is 3.39. The molecule has 1 aromatic heterocycles. The normalized spacial score (nSPS) is 17.6. The van der Waals surface area contributed by atoms with Crippen LogP contribution >= 0.6 is 0 Å². The van der Waals surface area contributed by atoms with Crippen LogP contribution in [0, 0.1) is 5.82 Å². The van der Waals surface area contributed by atoms with Crippen molar-refractivity contribution in [2.24, 2.45) is 0 Å². The van der Waals surface area contributed by atoms with E-state index in [1.807, 2.05) is 24.3 Å². The van der Waals surface area contributed by atoms with Gasteiger partial charge in [0.15, 0.2) is 15.5 Å². The van der Waals surface area contributed by atoms with E-state index in [-0.39, 0.29) is 22.1 Å². The van der Waals surface area contributed by atoms with E-state index in [1.165, 1.54) is 6.07 Å². The Bertz CT molecular complexity index is 1710. The molecule has 2 aromatic carbocycles. The van der Waals surface area contributed by atoms with Crippen LogP contribution in [0.2, 0.25) is 0 Å². The number of aliphatic carboxylic acids is 2. The predicted molar refractivity (Wildman–Crippen MR) is 157 cm³/mol. The maximum atomic E-state index is 14.8. The number of aromatic nitrogens is 2. The summed E-state index contributed by atoms with van der Waals surface area (Å²) < 4.78 is 53.5. The van der Waals surface area contributed by atoms with Crippen LogP contribution < -0.4 is 0 Å². The topological polar surface area (TPSA) is 169 Å². The van der Waals surface area contributed by atoms with Gasteiger partial charge in [-0.3, -0.25) is 9.69 Å². The molecule has 3 aliphatic heterocycles. The molecule has 0 saturated carbocycles. The molecule has 13 nitrogen and oxygen atoms in total. The van der Waals surface area contributed by atoms with E-state index in [0.29, 0.717) is 55.4 Å². The zero-order valence-corrected chi connectivity index (χ0v) is 24.9. The highest BCUT2D eigenvalue weighted by molar-refractivity contribution is 7.91. The van der Waals surface area contributed by atoms with E-state index in [9.17, 15) is 27.2 Å². The SMILES string of the molecule is O=C(O)/C=C/C(=O)O.O=C(c1nn(-c2ccc(CN3CCOCC3)cc2)c2c1CS(=O)(=O)c1c(F)cccc1-2)N1CCOCC1. The third-order valence-electron chi connectivity index (χ3n) is 7.41. The number of sulfone groups is 1. The Morgan fingerprint density at radius 2 is 1.49 bits per heavy atom. The first-order chi connectivity index (χ1) is 21.5. The number of carboxylic acids is 2. The first-order valence-electron chi connectivity index (χ1n) is 14.1. The summed E-state index contributed by atoms with van der Waals surface area (Å²) in [5.74, 6) is -4.16. The molecule has 2 fully saturated rings. The average molecular weight is 643 g/mol. The van der Waals surface area contributed by atoms with Crippen molar-refractivity contribution in [2.75, 3.05) is 52.6 Å². The molecule has 6 rings (SSSR count). The summed E-state index contributed by atoms with van der Waals surface area (Å²) >= 11 is 0. The van der Waals surface area contributed by atoms with Gasteiger partial charge >= 0.3 is 11.9 Å². The van der Waals surface area contributed by atoms with Crippen LogP contribution in [0.5, 0.6) is 0 Å². The number of rotatable bonds is 6. The molecule has 4 heterocycles. The number of hydrogen-bond donors (Lipinski definition) is 2. The Morgan fingerprint density at radius 3 is 2.09 bits per heavy atom. The van der Waals surface area contributed by atoms with E-state index in [4.69, 9.17) is 19.7 Å². The molecule has 0 bridgehead atoms. The number of halogens is 1. The van der Waals surface area contributed by atoms with Crippen LogP contribution in [0.15, 0.2) is 59.5 Å². The third-order valence-corrected chi connectivity index (χ3v) is 9.12. The van der Waals surface area contributed by atoms with Gasteiger partial charge in [-0.2, -0.15) is 5.10 Å². The number of morpholine rings is 2. The van der Waals surface area contributed by atoms with Gasteiger partial charge in [0.2, 0.25) is 0 Å². The van der Waals surface area contributed by atoms with Crippen molar-refractivity contribution in [1.29, 1.82) is 0 Å². The highest BCUT2D eigenvalue weighted by Gasteiger charge is 2.39. The van der Waals surface area contributed by atoms with Crippen LogP contribution in [-0.4, -0.2) is 109 Å². The van der Waals surface area contributed by atoms with Crippen LogP contribution in [0.3, 0.4) is 0 Å². The monoisotopic (exact) mass is 642 g/mol. The Labute approximate surface area is 258 Å². The van der Waals surface area contributed by atoms with Crippen molar-refractivity contribution in [3.05, 3.63) is 77.3 Å². The summed E-state index contributed by atoms with van der Waals surface area (Å²) in [6.07, 6.45) is 1.12. The van der Waals surface area contributed by atoms with Gasteiger partial charge in [0.1, 0.15) is 10.7 Å². The highest BCUT2D eigenvalue weighted by atomic mass is 32.2. The zero-order chi connectivity index (χ0) is 32.1. The van der Waals surface area contributed by atoms with E-state index in [2.05, 4.69) is 10.00 Å². The number of amides is 1. The second-order valence-electron chi connectivity index (χ2n) is 10.4. The molecule has 0 unspecified atom stereocenters. The molecular weight excluding hydrogens is 611 g/mol. The summed E-state index contributed by atoms with van der Waals surface area (Å²) in [5, 5.41) is 20.3. The summed E-state index contributed by atoms with van der Waals surface area (Å²) in [7, 11) is -4.00. The fourth-order valence-electron chi connectivity index (χ4n) is 5.31. The molecule has 45 heavy (non-hydrogen) atoms. The summed E-state index contributed by atoms with van der Waals surface area (Å²) in [4.78, 5) is 36.2. The Balaban J connectivity index is 0.000000444. The quantitative estimate of drug-likeness (QED) is 0.377. The van der Waals surface area contributed by atoms with Crippen LogP contribution in [0.4, 0.5) is 4.39 Å². The summed E-state index contributed by atoms with van der Waals surface area (Å²) in [5.41, 5.74) is 2.80. The van der Waals surface area contributed by atoms with E-state index >= 15 is 0 Å². The number of carboxylic acid groups (broad SMARTS) is 2. The van der Waals surface area contributed by atoms with Crippen LogP contribution in [-0.2, 0) is 41.2 Å². The fraction of sp³-hybridized carbons (Fsp3) is 0.333. The number of hydrogen-bond acceptors (Lipinski definition) is 9. The van der Waals surface area contributed by atoms with Crippen molar-refractivity contribution in [3.8, 4) is 16.9 Å². The van der Waals surface area contributed by atoms with Crippen molar-refractivity contribution >= 4 is 27.7 Å². The molecule has 0 spiro atoms. The standard InChI is InChI=1S/C26H27FN4O5S.C4H4O4/c27-22-3-1-2-20-24-21(17-37(33,34)25(20)22)23(26(32)30-10-14-36-15-11-30)28-31(24)19-6-4-18(5-7-19)16-29-8-12-35-13-9-29;5-3(6)1-2-4(7)8/h1-7H,8-17H2;1-2H,(H,5,6)(H,7,8)/b;2-1+. The maximum Gasteiger partial charge on any atom is 0.328 e. The van der Waals surface area contributed by atoms with Gasteiger partial charge in [-0.1, -0.05) is 24.3 Å². The molecule has 1 amide bonds. The van der Waals surface area contributed by atoms with Gasteiger partial charge in [-0.05, 0) is 23.8 Å². The zero-order valence-electron chi connectivity index (χ0n) is 24.1. The number of nitrogens with zero attached hydrogens (tertiary/aromatic N) is 4. The van der Waals surface area contributed by atoms with Crippen LogP contribution in [0.25, 0.3) is 16.9 Å². The van der Waals surface area contributed by atoms with E-state index in [1.54, 1.807) is 15.6 Å². The lowest BCUT2D eigenvalue weighted by Gasteiger charge is -2.26. The van der Waals surface area contributed by atoms with Crippen LogP contribution in [0.1, 0.15) is 21.6 Å². The third kappa shape index (κ3) is 7.28. The molecule has 0 aliphatic carbocycles. The minimum Gasteiger partial charge on any atom is -0.478 e. The summed E-state index contributed by atoms with van der Waals surface area (Å²) in [6, 6.07) is 12.0. The molecule has 0 atom stereocenters. The maximum absolute atomic E-state index is 14.8.